The zero-order valence-corrected chi connectivity index (χ0v) is 13.9. The molecular weight excluding hydrogens is 304 g/mol. The van der Waals surface area contributed by atoms with Gasteiger partial charge in [-0.2, -0.15) is 0 Å². The van der Waals surface area contributed by atoms with Gasteiger partial charge in [-0.1, -0.05) is 57.0 Å². The Morgan fingerprint density at radius 1 is 0.958 bits per heavy atom. The van der Waals surface area contributed by atoms with Crippen LogP contribution in [0.5, 0.6) is 11.5 Å². The van der Waals surface area contributed by atoms with Crippen molar-refractivity contribution in [2.24, 2.45) is 5.41 Å². The van der Waals surface area contributed by atoms with Crippen LogP contribution in [-0.2, 0) is 10.4 Å². The minimum absolute atomic E-state index is 0.518. The second-order valence-electron chi connectivity index (χ2n) is 6.46. The second kappa shape index (κ2) is 6.77. The van der Waals surface area contributed by atoms with Gasteiger partial charge in [-0.05, 0) is 29.8 Å². The first kappa shape index (κ1) is 17.6. The molecule has 0 saturated carbocycles. The molecule has 0 fully saturated rings. The fourth-order valence-electron chi connectivity index (χ4n) is 2.23. The summed E-state index contributed by atoms with van der Waals surface area (Å²) in [7, 11) is 0. The number of rotatable bonds is 3. The van der Waals surface area contributed by atoms with Crippen molar-refractivity contribution in [3.8, 4) is 23.3 Å². The van der Waals surface area contributed by atoms with Crippen LogP contribution < -0.4 is 4.74 Å². The van der Waals surface area contributed by atoms with Crippen LogP contribution in [0.25, 0.3) is 0 Å². The average molecular weight is 324 g/mol. The molecule has 0 aromatic heterocycles. The molecule has 0 heterocycles. The van der Waals surface area contributed by atoms with Crippen molar-refractivity contribution < 1.29 is 19.7 Å². The number of aliphatic hydroxyl groups is 1. The first-order valence-corrected chi connectivity index (χ1v) is 7.54. The molecular formula is C20H20O4. The Morgan fingerprint density at radius 2 is 1.50 bits per heavy atom. The maximum atomic E-state index is 11.0. The van der Waals surface area contributed by atoms with E-state index in [-0.39, 0.29) is 0 Å². The minimum atomic E-state index is -1.59. The summed E-state index contributed by atoms with van der Waals surface area (Å²) in [5, 5.41) is 19.8. The van der Waals surface area contributed by atoms with Crippen molar-refractivity contribution in [2.75, 3.05) is 0 Å². The molecule has 0 spiro atoms. The highest BCUT2D eigenvalue weighted by Crippen LogP contribution is 2.39. The van der Waals surface area contributed by atoms with Gasteiger partial charge >= 0.3 is 5.97 Å². The lowest BCUT2D eigenvalue weighted by molar-refractivity contribution is -0.130. The molecule has 0 aliphatic rings. The highest BCUT2D eigenvalue weighted by Gasteiger charge is 2.40. The summed E-state index contributed by atoms with van der Waals surface area (Å²) in [5.41, 5.74) is -1.74. The van der Waals surface area contributed by atoms with E-state index in [4.69, 9.17) is 9.84 Å². The van der Waals surface area contributed by atoms with Gasteiger partial charge in [0.05, 0.1) is 0 Å². The number of carboxylic acids is 1. The third-order valence-corrected chi connectivity index (χ3v) is 3.69. The molecule has 0 radical (unpaired) electrons. The summed E-state index contributed by atoms with van der Waals surface area (Å²) >= 11 is 0. The van der Waals surface area contributed by atoms with Crippen molar-refractivity contribution in [1.82, 2.24) is 0 Å². The quantitative estimate of drug-likeness (QED) is 0.843. The number of para-hydroxylation sites is 1. The summed E-state index contributed by atoms with van der Waals surface area (Å²) in [6.07, 6.45) is 0. The predicted molar refractivity (Wildman–Crippen MR) is 91.7 cm³/mol. The fraction of sp³-hybridized carbons (Fsp3) is 0.250. The lowest BCUT2D eigenvalue weighted by Gasteiger charge is -2.36. The van der Waals surface area contributed by atoms with Gasteiger partial charge in [0.2, 0.25) is 0 Å². The third kappa shape index (κ3) is 3.95. The highest BCUT2D eigenvalue weighted by molar-refractivity contribution is 5.86. The molecule has 0 aliphatic carbocycles. The summed E-state index contributed by atoms with van der Waals surface area (Å²) in [6.45, 7) is 5.41. The Balaban J connectivity index is 2.33. The molecule has 2 aromatic rings. The van der Waals surface area contributed by atoms with Gasteiger partial charge in [-0.25, -0.2) is 4.79 Å². The number of hydrogen-bond acceptors (Lipinski definition) is 3. The normalized spacial score (nSPS) is 13.3. The largest absolute Gasteiger partial charge is 0.472 e. The van der Waals surface area contributed by atoms with Gasteiger partial charge in [0.1, 0.15) is 11.5 Å². The lowest BCUT2D eigenvalue weighted by atomic mass is 9.72. The first-order valence-electron chi connectivity index (χ1n) is 7.54. The molecule has 2 rings (SSSR count). The maximum Gasteiger partial charge on any atom is 0.382 e. The average Bonchev–Trinajstić information content (AvgIpc) is 2.53. The molecule has 24 heavy (non-hydrogen) atoms. The molecule has 2 N–H and O–H groups in total. The molecule has 1 atom stereocenters. The van der Waals surface area contributed by atoms with Crippen LogP contribution in [0, 0.1) is 17.3 Å². The van der Waals surface area contributed by atoms with Crippen molar-refractivity contribution >= 4 is 5.97 Å². The van der Waals surface area contributed by atoms with Gasteiger partial charge in [-0.15, -0.1) is 0 Å². The predicted octanol–water partition coefficient (Wildman–Crippen LogP) is 3.80. The summed E-state index contributed by atoms with van der Waals surface area (Å²) in [5.74, 6) is 4.57. The van der Waals surface area contributed by atoms with E-state index >= 15 is 0 Å². The van der Waals surface area contributed by atoms with Crippen LogP contribution in [0.15, 0.2) is 54.6 Å². The number of benzene rings is 2. The first-order chi connectivity index (χ1) is 11.2. The molecule has 2 aromatic carbocycles. The highest BCUT2D eigenvalue weighted by atomic mass is 16.5. The zero-order chi connectivity index (χ0) is 17.8. The standard InChI is InChI=1S/C20H20O4/c1-19(2,3)20(23,14-13-18(21)22)15-9-11-17(12-10-15)24-16-7-5-4-6-8-16/h4-12,23H,1-3H3,(H,21,22). The Morgan fingerprint density at radius 3 is 2.00 bits per heavy atom. The number of carboxylic acid groups (broad SMARTS) is 1. The van der Waals surface area contributed by atoms with E-state index in [0.29, 0.717) is 17.1 Å². The van der Waals surface area contributed by atoms with E-state index in [9.17, 15) is 9.90 Å². The smallest absolute Gasteiger partial charge is 0.382 e. The van der Waals surface area contributed by atoms with Gasteiger partial charge in [0.15, 0.2) is 5.60 Å². The van der Waals surface area contributed by atoms with E-state index < -0.39 is 17.0 Å². The van der Waals surface area contributed by atoms with Crippen LogP contribution >= 0.6 is 0 Å². The van der Waals surface area contributed by atoms with Crippen molar-refractivity contribution in [1.29, 1.82) is 0 Å². The second-order valence-corrected chi connectivity index (χ2v) is 6.46. The van der Waals surface area contributed by atoms with Crippen LogP contribution in [0.1, 0.15) is 26.3 Å². The fourth-order valence-corrected chi connectivity index (χ4v) is 2.23. The lowest BCUT2D eigenvalue weighted by Crippen LogP contribution is -2.38. The number of ether oxygens (including phenoxy) is 1. The maximum absolute atomic E-state index is 11.0. The summed E-state index contributed by atoms with van der Waals surface area (Å²) < 4.78 is 5.72. The van der Waals surface area contributed by atoms with E-state index in [0.717, 1.165) is 0 Å². The zero-order valence-electron chi connectivity index (χ0n) is 13.9. The number of hydrogen-bond donors (Lipinski definition) is 2. The topological polar surface area (TPSA) is 66.8 Å². The summed E-state index contributed by atoms with van der Waals surface area (Å²) in [6, 6.07) is 16.2. The molecule has 0 amide bonds. The van der Waals surface area contributed by atoms with Crippen LogP contribution in [0.3, 0.4) is 0 Å². The van der Waals surface area contributed by atoms with E-state index in [1.165, 1.54) is 0 Å². The molecule has 124 valence electrons. The van der Waals surface area contributed by atoms with Crippen LogP contribution in [0.4, 0.5) is 0 Å². The number of carbonyl (C=O) groups is 1. The van der Waals surface area contributed by atoms with Crippen LogP contribution in [-0.4, -0.2) is 16.2 Å². The van der Waals surface area contributed by atoms with E-state index in [1.54, 1.807) is 45.0 Å². The van der Waals surface area contributed by atoms with Gasteiger partial charge < -0.3 is 14.9 Å². The van der Waals surface area contributed by atoms with Gasteiger partial charge in [0, 0.05) is 11.3 Å². The SMILES string of the molecule is CC(C)(C)C(O)(C#CC(=O)O)c1ccc(Oc2ccccc2)cc1. The molecule has 0 saturated heterocycles. The molecule has 0 bridgehead atoms. The molecule has 0 aliphatic heterocycles. The molecule has 4 heteroatoms. The van der Waals surface area contributed by atoms with Gasteiger partial charge in [-0.3, -0.25) is 0 Å². The summed E-state index contributed by atoms with van der Waals surface area (Å²) in [4.78, 5) is 10.8. The Hall–Kier alpha value is -2.77. The monoisotopic (exact) mass is 324 g/mol. The van der Waals surface area contributed by atoms with Crippen molar-refractivity contribution in [2.45, 2.75) is 26.4 Å². The molecule has 4 nitrogen and oxygen atoms in total. The Bertz CT molecular complexity index is 761. The van der Waals surface area contributed by atoms with Crippen molar-refractivity contribution in [3.63, 3.8) is 0 Å². The number of aliphatic carboxylic acids is 1. The minimum Gasteiger partial charge on any atom is -0.472 e. The van der Waals surface area contributed by atoms with Crippen molar-refractivity contribution in [3.05, 3.63) is 60.2 Å². The Kier molecular flexibility index (Phi) is 4.96. The molecule has 1 unspecified atom stereocenters. The van der Waals surface area contributed by atoms with Crippen LogP contribution in [0.2, 0.25) is 0 Å². The Labute approximate surface area is 141 Å². The van der Waals surface area contributed by atoms with E-state index in [2.05, 4.69) is 5.92 Å². The third-order valence-electron chi connectivity index (χ3n) is 3.69. The van der Waals surface area contributed by atoms with Gasteiger partial charge in [0.25, 0.3) is 0 Å². The van der Waals surface area contributed by atoms with E-state index in [1.807, 2.05) is 36.3 Å².